The molecule has 7 heteroatoms. The highest BCUT2D eigenvalue weighted by atomic mass is 79.9. The van der Waals surface area contributed by atoms with E-state index in [2.05, 4.69) is 21.2 Å². The number of halogens is 1. The Morgan fingerprint density at radius 2 is 1.78 bits per heavy atom. The molecule has 0 aliphatic rings. The molecule has 2 rings (SSSR count). The Morgan fingerprint density at radius 3 is 2.38 bits per heavy atom. The number of aryl methyl sites for hydroxylation is 2. The van der Waals surface area contributed by atoms with Gasteiger partial charge in [0.2, 0.25) is 5.91 Å². The van der Waals surface area contributed by atoms with Crippen molar-refractivity contribution >= 4 is 27.7 Å². The van der Waals surface area contributed by atoms with Gasteiger partial charge in [-0.15, -0.1) is 0 Å². The monoisotopic (exact) mass is 504 g/mol. The Labute approximate surface area is 199 Å². The summed E-state index contributed by atoms with van der Waals surface area (Å²) in [5.41, 5.74) is 2.95. The number of hydrogen-bond donors (Lipinski definition) is 1. The van der Waals surface area contributed by atoms with Gasteiger partial charge in [-0.05, 0) is 67.6 Å². The molecular formula is C25H33BrN2O4. The Balaban J connectivity index is 2.24. The summed E-state index contributed by atoms with van der Waals surface area (Å²) in [5.74, 6) is 0.933. The van der Waals surface area contributed by atoms with Crippen molar-refractivity contribution in [2.24, 2.45) is 0 Å². The first kappa shape index (κ1) is 25.7. The van der Waals surface area contributed by atoms with Crippen LogP contribution in [0.1, 0.15) is 43.4 Å². The van der Waals surface area contributed by atoms with Crippen LogP contribution in [0.3, 0.4) is 0 Å². The minimum absolute atomic E-state index is 0.151. The molecule has 0 unspecified atom stereocenters. The smallest absolute Gasteiger partial charge is 0.261 e. The number of methoxy groups -OCH3 is 1. The Kier molecular flexibility index (Phi) is 10.0. The maximum atomic E-state index is 13.3. The third-order valence-electron chi connectivity index (χ3n) is 5.19. The first-order valence-electron chi connectivity index (χ1n) is 10.9. The second kappa shape index (κ2) is 12.5. The normalized spacial score (nSPS) is 11.6. The highest BCUT2D eigenvalue weighted by molar-refractivity contribution is 9.10. The molecule has 0 aromatic heterocycles. The van der Waals surface area contributed by atoms with Gasteiger partial charge < -0.3 is 19.7 Å². The molecule has 0 radical (unpaired) electrons. The van der Waals surface area contributed by atoms with Crippen molar-refractivity contribution in [3.63, 3.8) is 0 Å². The van der Waals surface area contributed by atoms with E-state index < -0.39 is 6.04 Å². The van der Waals surface area contributed by atoms with Gasteiger partial charge in [0, 0.05) is 17.6 Å². The van der Waals surface area contributed by atoms with E-state index in [0.29, 0.717) is 24.5 Å². The van der Waals surface area contributed by atoms with Crippen molar-refractivity contribution in [3.8, 4) is 11.5 Å². The van der Waals surface area contributed by atoms with E-state index in [1.54, 1.807) is 12.0 Å². The SMILES string of the molecule is CCCNC(=O)[C@@H](CC)N(Cc1cccc(OC)c1)C(=O)COc1cc(C)c(Br)c(C)c1. The van der Waals surface area contributed by atoms with Crippen molar-refractivity contribution < 1.29 is 19.1 Å². The van der Waals surface area contributed by atoms with E-state index >= 15 is 0 Å². The van der Waals surface area contributed by atoms with Crippen LogP contribution in [0.2, 0.25) is 0 Å². The van der Waals surface area contributed by atoms with Crippen LogP contribution in [0.5, 0.6) is 11.5 Å². The number of carbonyl (C=O) groups excluding carboxylic acids is 2. The number of hydrogen-bond acceptors (Lipinski definition) is 4. The van der Waals surface area contributed by atoms with Gasteiger partial charge in [-0.25, -0.2) is 0 Å². The third kappa shape index (κ3) is 6.99. The largest absolute Gasteiger partial charge is 0.497 e. The molecule has 6 nitrogen and oxygen atoms in total. The number of ether oxygens (including phenoxy) is 2. The second-order valence-corrected chi connectivity index (χ2v) is 8.54. The molecule has 0 aliphatic carbocycles. The van der Waals surface area contributed by atoms with E-state index in [1.165, 1.54) is 0 Å². The molecule has 0 spiro atoms. The molecule has 32 heavy (non-hydrogen) atoms. The Hall–Kier alpha value is -2.54. The highest BCUT2D eigenvalue weighted by Gasteiger charge is 2.29. The van der Waals surface area contributed by atoms with E-state index in [0.717, 1.165) is 27.6 Å². The predicted octanol–water partition coefficient (Wildman–Crippen LogP) is 4.79. The number of nitrogens with one attached hydrogen (secondary N) is 1. The lowest BCUT2D eigenvalue weighted by molar-refractivity contribution is -0.143. The third-order valence-corrected chi connectivity index (χ3v) is 6.45. The van der Waals surface area contributed by atoms with Gasteiger partial charge in [0.15, 0.2) is 6.61 Å². The second-order valence-electron chi connectivity index (χ2n) is 7.75. The van der Waals surface area contributed by atoms with Crippen LogP contribution < -0.4 is 14.8 Å². The maximum absolute atomic E-state index is 13.3. The van der Waals surface area contributed by atoms with Gasteiger partial charge >= 0.3 is 0 Å². The molecule has 2 aromatic carbocycles. The fourth-order valence-electron chi connectivity index (χ4n) is 3.47. The molecule has 0 bridgehead atoms. The van der Waals surface area contributed by atoms with E-state index in [1.807, 2.05) is 64.1 Å². The number of rotatable bonds is 11. The molecule has 1 N–H and O–H groups in total. The summed E-state index contributed by atoms with van der Waals surface area (Å²) in [6.07, 6.45) is 1.33. The topological polar surface area (TPSA) is 67.9 Å². The zero-order chi connectivity index (χ0) is 23.7. The molecule has 2 aromatic rings. The molecule has 0 saturated heterocycles. The van der Waals surface area contributed by atoms with Crippen molar-refractivity contribution in [1.29, 1.82) is 0 Å². The van der Waals surface area contributed by atoms with Crippen molar-refractivity contribution in [2.45, 2.75) is 53.1 Å². The van der Waals surface area contributed by atoms with E-state index in [9.17, 15) is 9.59 Å². The predicted molar refractivity (Wildman–Crippen MR) is 130 cm³/mol. The van der Waals surface area contributed by atoms with Gasteiger partial charge in [-0.3, -0.25) is 9.59 Å². The minimum atomic E-state index is -0.586. The quantitative estimate of drug-likeness (QED) is 0.477. The minimum Gasteiger partial charge on any atom is -0.497 e. The van der Waals surface area contributed by atoms with Crippen molar-refractivity contribution in [1.82, 2.24) is 10.2 Å². The molecule has 0 aliphatic heterocycles. The van der Waals surface area contributed by atoms with Gasteiger partial charge in [-0.2, -0.15) is 0 Å². The number of nitrogens with zero attached hydrogens (tertiary/aromatic N) is 1. The zero-order valence-corrected chi connectivity index (χ0v) is 21.1. The van der Waals surface area contributed by atoms with Gasteiger partial charge in [0.05, 0.1) is 7.11 Å². The Bertz CT molecular complexity index is 909. The summed E-state index contributed by atoms with van der Waals surface area (Å²) < 4.78 is 12.2. The first-order valence-corrected chi connectivity index (χ1v) is 11.7. The van der Waals surface area contributed by atoms with Crippen molar-refractivity contribution in [3.05, 3.63) is 57.6 Å². The zero-order valence-electron chi connectivity index (χ0n) is 19.5. The van der Waals surface area contributed by atoms with Gasteiger partial charge in [0.25, 0.3) is 5.91 Å². The van der Waals surface area contributed by atoms with Crippen LogP contribution >= 0.6 is 15.9 Å². The summed E-state index contributed by atoms with van der Waals surface area (Å²) in [7, 11) is 1.60. The standard InChI is InChI=1S/C25H33BrN2O4/c1-6-11-27-25(30)22(7-2)28(15-19-9-8-10-20(14-19)31-5)23(29)16-32-21-12-17(3)24(26)18(4)13-21/h8-10,12-14,22H,6-7,11,15-16H2,1-5H3,(H,27,30)/t22-/m1/s1. The summed E-state index contributed by atoms with van der Waals surface area (Å²) in [5, 5.41) is 2.92. The molecule has 2 amide bonds. The molecular weight excluding hydrogens is 472 g/mol. The first-order chi connectivity index (χ1) is 15.3. The molecule has 1 atom stereocenters. The average molecular weight is 505 g/mol. The lowest BCUT2D eigenvalue weighted by atomic mass is 10.1. The molecule has 0 saturated carbocycles. The van der Waals surface area contributed by atoms with Crippen LogP contribution in [-0.2, 0) is 16.1 Å². The Morgan fingerprint density at radius 1 is 1.09 bits per heavy atom. The van der Waals surface area contributed by atoms with Crippen LogP contribution in [0.15, 0.2) is 40.9 Å². The number of carbonyl (C=O) groups is 2. The summed E-state index contributed by atoms with van der Waals surface area (Å²) in [4.78, 5) is 27.7. The van der Waals surface area contributed by atoms with E-state index in [4.69, 9.17) is 9.47 Å². The molecule has 174 valence electrons. The fraction of sp³-hybridized carbons (Fsp3) is 0.440. The van der Waals surface area contributed by atoms with Crippen LogP contribution in [0.25, 0.3) is 0 Å². The van der Waals surface area contributed by atoms with Gasteiger partial charge in [0.1, 0.15) is 17.5 Å². The van der Waals surface area contributed by atoms with Gasteiger partial charge in [-0.1, -0.05) is 41.9 Å². The van der Waals surface area contributed by atoms with Crippen LogP contribution in [-0.4, -0.2) is 43.0 Å². The number of benzene rings is 2. The molecule has 0 heterocycles. The number of amides is 2. The summed E-state index contributed by atoms with van der Waals surface area (Å²) in [6.45, 7) is 8.57. The molecule has 0 fully saturated rings. The van der Waals surface area contributed by atoms with Crippen LogP contribution in [0, 0.1) is 13.8 Å². The summed E-state index contributed by atoms with van der Waals surface area (Å²) >= 11 is 3.54. The lowest BCUT2D eigenvalue weighted by Crippen LogP contribution is -2.50. The lowest BCUT2D eigenvalue weighted by Gasteiger charge is -2.30. The van der Waals surface area contributed by atoms with Crippen molar-refractivity contribution in [2.75, 3.05) is 20.3 Å². The maximum Gasteiger partial charge on any atom is 0.261 e. The summed E-state index contributed by atoms with van der Waals surface area (Å²) in [6, 6.07) is 10.7. The van der Waals surface area contributed by atoms with E-state index in [-0.39, 0.29) is 25.0 Å². The average Bonchev–Trinajstić information content (AvgIpc) is 2.79. The van der Waals surface area contributed by atoms with Crippen LogP contribution in [0.4, 0.5) is 0 Å². The fourth-order valence-corrected chi connectivity index (χ4v) is 3.70. The highest BCUT2D eigenvalue weighted by Crippen LogP contribution is 2.26.